The van der Waals surface area contributed by atoms with Crippen molar-refractivity contribution in [2.24, 2.45) is 5.84 Å². The number of hydrogen-bond acceptors (Lipinski definition) is 8. The number of rotatable bonds is 12. The fraction of sp³-hybridized carbons (Fsp3) is 0.750. The highest BCUT2D eigenvalue weighted by atomic mass is 32.2. The predicted octanol–water partition coefficient (Wildman–Crippen LogP) is -1.91. The molecule has 10 nitrogen and oxygen atoms in total. The number of nitrogens with two attached hydrogens (primary N) is 1. The van der Waals surface area contributed by atoms with Gasteiger partial charge in [-0.3, -0.25) is 5.84 Å². The van der Waals surface area contributed by atoms with E-state index in [0.29, 0.717) is 0 Å². The average Bonchev–Trinajstić information content (AvgIpc) is 2.39. The predicted molar refractivity (Wildman–Crippen MR) is 90.8 cm³/mol. The van der Waals surface area contributed by atoms with Gasteiger partial charge in [0.15, 0.2) is 0 Å². The zero-order valence-electron chi connectivity index (χ0n) is 14.2. The monoisotopic (exact) mass is 386 g/mol. The summed E-state index contributed by atoms with van der Waals surface area (Å²) < 4.78 is 53.6. The minimum Gasteiger partial charge on any atom is -0.461 e. The standard InChI is InChI=1S/C12H26N4O6S2/c1-11(2)12(17)22-10-9-15(13)7-8-16(24(4,20)21)6-5-14-23(3,18)19/h14H,1,5-10,13H2,2-4H3. The second-order valence-corrected chi connectivity index (χ2v) is 9.10. The van der Waals surface area contributed by atoms with Crippen molar-refractivity contribution >= 4 is 26.0 Å². The SMILES string of the molecule is C=C(C)C(=O)OCCN(N)CCN(CCNS(C)(=O)=O)S(C)(=O)=O. The van der Waals surface area contributed by atoms with Crippen molar-refractivity contribution < 1.29 is 26.4 Å². The number of hydrazine groups is 1. The molecule has 0 spiro atoms. The zero-order chi connectivity index (χ0) is 19.0. The molecule has 0 heterocycles. The molecule has 12 heteroatoms. The van der Waals surface area contributed by atoms with Crippen molar-refractivity contribution in [3.8, 4) is 0 Å². The van der Waals surface area contributed by atoms with E-state index in [1.807, 2.05) is 0 Å². The van der Waals surface area contributed by atoms with E-state index < -0.39 is 26.0 Å². The molecule has 0 aliphatic carbocycles. The molecule has 0 unspecified atom stereocenters. The molecule has 0 radical (unpaired) electrons. The van der Waals surface area contributed by atoms with Crippen LogP contribution in [0.5, 0.6) is 0 Å². The third kappa shape index (κ3) is 11.5. The van der Waals surface area contributed by atoms with Crippen LogP contribution in [0, 0.1) is 0 Å². The van der Waals surface area contributed by atoms with Gasteiger partial charge in [0.25, 0.3) is 0 Å². The molecule has 0 fully saturated rings. The molecule has 0 aromatic heterocycles. The Morgan fingerprint density at radius 1 is 1.12 bits per heavy atom. The first-order valence-electron chi connectivity index (χ1n) is 7.05. The second kappa shape index (κ2) is 10.1. The van der Waals surface area contributed by atoms with Gasteiger partial charge in [0.2, 0.25) is 20.0 Å². The van der Waals surface area contributed by atoms with E-state index in [2.05, 4.69) is 11.3 Å². The Bertz CT molecular complexity index is 632. The number of ether oxygens (including phenoxy) is 1. The van der Waals surface area contributed by atoms with E-state index in [0.717, 1.165) is 16.8 Å². The summed E-state index contributed by atoms with van der Waals surface area (Å²) in [5.74, 6) is 5.19. The van der Waals surface area contributed by atoms with Gasteiger partial charge in [-0.1, -0.05) is 6.58 Å². The van der Waals surface area contributed by atoms with Crippen molar-refractivity contribution in [2.45, 2.75) is 6.92 Å². The van der Waals surface area contributed by atoms with Crippen LogP contribution >= 0.6 is 0 Å². The molecule has 0 saturated heterocycles. The molecule has 24 heavy (non-hydrogen) atoms. The topological polar surface area (TPSA) is 139 Å². The molecule has 0 rings (SSSR count). The van der Waals surface area contributed by atoms with Gasteiger partial charge in [0.05, 0.1) is 12.5 Å². The van der Waals surface area contributed by atoms with E-state index >= 15 is 0 Å². The molecular formula is C12H26N4O6S2. The fourth-order valence-electron chi connectivity index (χ4n) is 1.53. The van der Waals surface area contributed by atoms with Gasteiger partial charge in [0.1, 0.15) is 6.61 Å². The first kappa shape index (κ1) is 22.9. The van der Waals surface area contributed by atoms with Gasteiger partial charge in [-0.2, -0.15) is 4.31 Å². The molecular weight excluding hydrogens is 360 g/mol. The second-order valence-electron chi connectivity index (χ2n) is 5.28. The van der Waals surface area contributed by atoms with Gasteiger partial charge in [-0.05, 0) is 6.92 Å². The summed E-state index contributed by atoms with van der Waals surface area (Å²) in [6.07, 6.45) is 2.02. The van der Waals surface area contributed by atoms with Crippen molar-refractivity contribution in [3.63, 3.8) is 0 Å². The van der Waals surface area contributed by atoms with Crippen molar-refractivity contribution in [3.05, 3.63) is 12.2 Å². The molecule has 0 aromatic carbocycles. The van der Waals surface area contributed by atoms with E-state index in [1.165, 1.54) is 11.9 Å². The van der Waals surface area contributed by atoms with Crippen LogP contribution in [0.25, 0.3) is 0 Å². The lowest BCUT2D eigenvalue weighted by Gasteiger charge is -2.23. The van der Waals surface area contributed by atoms with Crippen LogP contribution < -0.4 is 10.6 Å². The van der Waals surface area contributed by atoms with E-state index in [1.54, 1.807) is 0 Å². The molecule has 0 aromatic rings. The van der Waals surface area contributed by atoms with Crippen LogP contribution in [0.4, 0.5) is 0 Å². The number of hydrogen-bond donors (Lipinski definition) is 2. The third-order valence-electron chi connectivity index (χ3n) is 2.79. The Balaban J connectivity index is 4.31. The van der Waals surface area contributed by atoms with Crippen LogP contribution in [0.15, 0.2) is 12.2 Å². The number of nitrogens with zero attached hydrogens (tertiary/aromatic N) is 2. The summed E-state index contributed by atoms with van der Waals surface area (Å²) in [7, 11) is -6.89. The molecule has 0 atom stereocenters. The largest absolute Gasteiger partial charge is 0.461 e. The number of sulfonamides is 2. The summed E-state index contributed by atoms with van der Waals surface area (Å²) in [6.45, 7) is 5.47. The highest BCUT2D eigenvalue weighted by molar-refractivity contribution is 7.88. The van der Waals surface area contributed by atoms with Crippen molar-refractivity contribution in [2.75, 3.05) is 51.8 Å². The summed E-state index contributed by atoms with van der Waals surface area (Å²) in [6, 6.07) is 0. The summed E-state index contributed by atoms with van der Waals surface area (Å²) in [4.78, 5) is 11.2. The fourth-order valence-corrected chi connectivity index (χ4v) is 2.83. The van der Waals surface area contributed by atoms with Crippen LogP contribution in [0.1, 0.15) is 6.92 Å². The van der Waals surface area contributed by atoms with Crippen molar-refractivity contribution in [1.29, 1.82) is 0 Å². The van der Waals surface area contributed by atoms with Crippen LogP contribution in [0.3, 0.4) is 0 Å². The summed E-state index contributed by atoms with van der Waals surface area (Å²) >= 11 is 0. The quantitative estimate of drug-likeness (QED) is 0.171. The van der Waals surface area contributed by atoms with Gasteiger partial charge >= 0.3 is 5.97 Å². The molecule has 0 bridgehead atoms. The highest BCUT2D eigenvalue weighted by Gasteiger charge is 2.17. The molecule has 142 valence electrons. The first-order valence-corrected chi connectivity index (χ1v) is 10.8. The Kier molecular flexibility index (Phi) is 9.62. The van der Waals surface area contributed by atoms with Crippen LogP contribution in [-0.4, -0.2) is 84.0 Å². The maximum atomic E-state index is 11.7. The lowest BCUT2D eigenvalue weighted by Crippen LogP contribution is -2.44. The highest BCUT2D eigenvalue weighted by Crippen LogP contribution is 1.98. The molecule has 0 aliphatic rings. The smallest absolute Gasteiger partial charge is 0.333 e. The summed E-state index contributed by atoms with van der Waals surface area (Å²) in [5.41, 5.74) is 0.278. The lowest BCUT2D eigenvalue weighted by molar-refractivity contribution is -0.139. The number of carbonyl (C=O) groups is 1. The lowest BCUT2D eigenvalue weighted by atomic mass is 10.4. The average molecular weight is 386 g/mol. The number of esters is 1. The Morgan fingerprint density at radius 2 is 1.71 bits per heavy atom. The Hall–Kier alpha value is -1.05. The number of nitrogens with one attached hydrogen (secondary N) is 1. The molecule has 0 saturated carbocycles. The maximum absolute atomic E-state index is 11.7. The summed E-state index contributed by atoms with van der Waals surface area (Å²) in [5, 5.41) is 1.31. The van der Waals surface area contributed by atoms with E-state index in [4.69, 9.17) is 10.6 Å². The first-order chi connectivity index (χ1) is 10.8. The minimum absolute atomic E-state index is 0.00954. The van der Waals surface area contributed by atoms with Crippen LogP contribution in [-0.2, 0) is 29.6 Å². The zero-order valence-corrected chi connectivity index (χ0v) is 15.8. The molecule has 0 aliphatic heterocycles. The Morgan fingerprint density at radius 3 is 2.17 bits per heavy atom. The van der Waals surface area contributed by atoms with Gasteiger partial charge in [-0.15, -0.1) is 0 Å². The normalized spacial score (nSPS) is 12.6. The molecule has 0 amide bonds. The Labute approximate surface area is 143 Å². The van der Waals surface area contributed by atoms with Crippen LogP contribution in [0.2, 0.25) is 0 Å². The van der Waals surface area contributed by atoms with E-state index in [9.17, 15) is 21.6 Å². The maximum Gasteiger partial charge on any atom is 0.333 e. The molecule has 3 N–H and O–H groups in total. The third-order valence-corrected chi connectivity index (χ3v) is 4.82. The minimum atomic E-state index is -3.50. The van der Waals surface area contributed by atoms with Gasteiger partial charge in [-0.25, -0.2) is 31.4 Å². The van der Waals surface area contributed by atoms with Gasteiger partial charge < -0.3 is 4.74 Å². The van der Waals surface area contributed by atoms with Gasteiger partial charge in [0, 0.05) is 38.3 Å². The van der Waals surface area contributed by atoms with Crippen molar-refractivity contribution in [1.82, 2.24) is 14.0 Å². The van der Waals surface area contributed by atoms with E-state index in [-0.39, 0.29) is 44.9 Å². The number of carbonyl (C=O) groups excluding carboxylic acids is 1.